The molecule has 0 bridgehead atoms. The second kappa shape index (κ2) is 4.93. The average molecular weight is 230 g/mol. The maximum absolute atomic E-state index is 11.3. The number of carbonyl (C=O) groups is 1. The van der Waals surface area contributed by atoms with E-state index >= 15 is 0 Å². The monoisotopic (exact) mass is 230 g/mol. The summed E-state index contributed by atoms with van der Waals surface area (Å²) < 4.78 is 0. The molecular weight excluding hydrogens is 216 g/mol. The molecule has 2 rings (SSSR count). The molecule has 1 unspecified atom stereocenters. The van der Waals surface area contributed by atoms with Crippen molar-refractivity contribution in [3.8, 4) is 0 Å². The summed E-state index contributed by atoms with van der Waals surface area (Å²) in [4.78, 5) is 15.5. The molecule has 0 saturated heterocycles. The lowest BCUT2D eigenvalue weighted by molar-refractivity contribution is -0.128. The smallest absolute Gasteiger partial charge is 0.248 e. The Morgan fingerprint density at radius 2 is 2.18 bits per heavy atom. The lowest BCUT2D eigenvalue weighted by Crippen LogP contribution is -2.32. The molecule has 0 radical (unpaired) electrons. The topological polar surface area (TPSA) is 62.2 Å². The Balaban J connectivity index is 2.21. The van der Waals surface area contributed by atoms with Crippen LogP contribution < -0.4 is 5.32 Å². The summed E-state index contributed by atoms with van der Waals surface area (Å²) in [5.74, 6) is -0.370. The van der Waals surface area contributed by atoms with E-state index in [1.165, 1.54) is 6.92 Å². The molecule has 17 heavy (non-hydrogen) atoms. The van der Waals surface area contributed by atoms with Crippen LogP contribution in [0.25, 0.3) is 10.9 Å². The van der Waals surface area contributed by atoms with E-state index < -0.39 is 6.10 Å². The van der Waals surface area contributed by atoms with Gasteiger partial charge in [-0.05, 0) is 24.6 Å². The van der Waals surface area contributed by atoms with Crippen LogP contribution in [0, 0.1) is 0 Å². The quantitative estimate of drug-likeness (QED) is 0.833. The SMILES string of the molecule is CC(O)C(=O)NCc1ccnc2ccccc12. The van der Waals surface area contributed by atoms with Gasteiger partial charge in [0, 0.05) is 18.1 Å². The summed E-state index contributed by atoms with van der Waals surface area (Å²) in [6.45, 7) is 1.84. The van der Waals surface area contributed by atoms with Crippen molar-refractivity contribution in [3.63, 3.8) is 0 Å². The minimum absolute atomic E-state index is 0.370. The van der Waals surface area contributed by atoms with Crippen molar-refractivity contribution in [1.29, 1.82) is 0 Å². The van der Waals surface area contributed by atoms with Gasteiger partial charge >= 0.3 is 0 Å². The highest BCUT2D eigenvalue weighted by Gasteiger charge is 2.08. The normalized spacial score (nSPS) is 12.4. The molecule has 1 atom stereocenters. The number of rotatable bonds is 3. The van der Waals surface area contributed by atoms with Crippen molar-refractivity contribution >= 4 is 16.8 Å². The lowest BCUT2D eigenvalue weighted by atomic mass is 10.1. The van der Waals surface area contributed by atoms with E-state index in [0.717, 1.165) is 16.5 Å². The van der Waals surface area contributed by atoms with Crippen LogP contribution in [-0.4, -0.2) is 22.1 Å². The summed E-state index contributed by atoms with van der Waals surface area (Å²) in [6, 6.07) is 9.61. The van der Waals surface area contributed by atoms with Gasteiger partial charge in [-0.2, -0.15) is 0 Å². The van der Waals surface area contributed by atoms with Crippen molar-refractivity contribution in [2.24, 2.45) is 0 Å². The van der Waals surface area contributed by atoms with E-state index in [2.05, 4.69) is 10.3 Å². The highest BCUT2D eigenvalue weighted by atomic mass is 16.3. The van der Waals surface area contributed by atoms with Crippen molar-refractivity contribution in [3.05, 3.63) is 42.1 Å². The van der Waals surface area contributed by atoms with E-state index in [1.807, 2.05) is 30.3 Å². The highest BCUT2D eigenvalue weighted by Crippen LogP contribution is 2.15. The van der Waals surface area contributed by atoms with Gasteiger partial charge in [-0.15, -0.1) is 0 Å². The zero-order valence-electron chi connectivity index (χ0n) is 9.55. The first-order chi connectivity index (χ1) is 8.18. The van der Waals surface area contributed by atoms with Crippen LogP contribution in [-0.2, 0) is 11.3 Å². The van der Waals surface area contributed by atoms with Gasteiger partial charge in [-0.25, -0.2) is 0 Å². The van der Waals surface area contributed by atoms with Crippen LogP contribution in [0.5, 0.6) is 0 Å². The molecule has 2 N–H and O–H groups in total. The van der Waals surface area contributed by atoms with E-state index in [4.69, 9.17) is 5.11 Å². The van der Waals surface area contributed by atoms with Crippen LogP contribution in [0.4, 0.5) is 0 Å². The first-order valence-corrected chi connectivity index (χ1v) is 5.47. The van der Waals surface area contributed by atoms with Crippen LogP contribution in [0.15, 0.2) is 36.5 Å². The molecule has 1 aromatic heterocycles. The summed E-state index contributed by atoms with van der Waals surface area (Å²) >= 11 is 0. The zero-order chi connectivity index (χ0) is 12.3. The summed E-state index contributed by atoms with van der Waals surface area (Å²) in [5, 5.41) is 12.8. The number of aromatic nitrogens is 1. The van der Waals surface area contributed by atoms with Gasteiger partial charge in [0.1, 0.15) is 6.10 Å². The number of hydrogen-bond acceptors (Lipinski definition) is 3. The Bertz CT molecular complexity index is 532. The average Bonchev–Trinajstić information content (AvgIpc) is 2.35. The zero-order valence-corrected chi connectivity index (χ0v) is 9.55. The maximum Gasteiger partial charge on any atom is 0.248 e. The fraction of sp³-hybridized carbons (Fsp3) is 0.231. The number of benzene rings is 1. The fourth-order valence-corrected chi connectivity index (χ4v) is 1.64. The lowest BCUT2D eigenvalue weighted by Gasteiger charge is -2.09. The molecule has 0 aliphatic heterocycles. The summed E-state index contributed by atoms with van der Waals surface area (Å²) in [6.07, 6.45) is 0.731. The first-order valence-electron chi connectivity index (χ1n) is 5.47. The molecule has 1 aromatic carbocycles. The van der Waals surface area contributed by atoms with Crippen molar-refractivity contribution in [2.75, 3.05) is 0 Å². The standard InChI is InChI=1S/C13H14N2O2/c1-9(16)13(17)15-8-10-6-7-14-12-5-3-2-4-11(10)12/h2-7,9,16H,8H2,1H3,(H,15,17). The number of nitrogens with one attached hydrogen (secondary N) is 1. The molecule has 4 nitrogen and oxygen atoms in total. The molecule has 1 heterocycles. The third-order valence-corrected chi connectivity index (χ3v) is 2.57. The van der Waals surface area contributed by atoms with E-state index in [1.54, 1.807) is 6.20 Å². The van der Waals surface area contributed by atoms with Crippen molar-refractivity contribution < 1.29 is 9.90 Å². The Labute approximate surface area is 99.3 Å². The van der Waals surface area contributed by atoms with E-state index in [0.29, 0.717) is 6.54 Å². The minimum Gasteiger partial charge on any atom is -0.384 e. The third-order valence-electron chi connectivity index (χ3n) is 2.57. The largest absolute Gasteiger partial charge is 0.384 e. The number of para-hydroxylation sites is 1. The molecule has 4 heteroatoms. The summed E-state index contributed by atoms with van der Waals surface area (Å²) in [5.41, 5.74) is 1.89. The number of fused-ring (bicyclic) bond motifs is 1. The molecule has 1 amide bonds. The van der Waals surface area contributed by atoms with Gasteiger partial charge in [-0.3, -0.25) is 9.78 Å². The van der Waals surface area contributed by atoms with E-state index in [9.17, 15) is 4.79 Å². The highest BCUT2D eigenvalue weighted by molar-refractivity contribution is 5.83. The van der Waals surface area contributed by atoms with Gasteiger partial charge in [-0.1, -0.05) is 18.2 Å². The Morgan fingerprint density at radius 1 is 1.41 bits per heavy atom. The van der Waals surface area contributed by atoms with E-state index in [-0.39, 0.29) is 5.91 Å². The number of aliphatic hydroxyl groups excluding tert-OH is 1. The van der Waals surface area contributed by atoms with Gasteiger partial charge in [0.05, 0.1) is 5.52 Å². The maximum atomic E-state index is 11.3. The molecule has 88 valence electrons. The molecule has 2 aromatic rings. The number of nitrogens with zero attached hydrogens (tertiary/aromatic N) is 1. The molecular formula is C13H14N2O2. The number of hydrogen-bond donors (Lipinski definition) is 2. The number of amides is 1. The van der Waals surface area contributed by atoms with Gasteiger partial charge in [0.2, 0.25) is 5.91 Å². The van der Waals surface area contributed by atoms with Gasteiger partial charge in [0.15, 0.2) is 0 Å². The van der Waals surface area contributed by atoms with Crippen LogP contribution in [0.2, 0.25) is 0 Å². The third kappa shape index (κ3) is 2.60. The molecule has 0 aliphatic rings. The Morgan fingerprint density at radius 3 is 2.94 bits per heavy atom. The second-order valence-corrected chi connectivity index (χ2v) is 3.88. The van der Waals surface area contributed by atoms with Crippen molar-refractivity contribution in [1.82, 2.24) is 10.3 Å². The molecule has 0 aliphatic carbocycles. The fourth-order valence-electron chi connectivity index (χ4n) is 1.64. The molecule has 0 fully saturated rings. The van der Waals surface area contributed by atoms with Gasteiger partial charge in [0.25, 0.3) is 0 Å². The van der Waals surface area contributed by atoms with Gasteiger partial charge < -0.3 is 10.4 Å². The first kappa shape index (κ1) is 11.5. The summed E-state index contributed by atoms with van der Waals surface area (Å²) in [7, 11) is 0. The van der Waals surface area contributed by atoms with Crippen LogP contribution in [0.1, 0.15) is 12.5 Å². The predicted octanol–water partition coefficient (Wildman–Crippen LogP) is 1.23. The van der Waals surface area contributed by atoms with Crippen LogP contribution in [0.3, 0.4) is 0 Å². The molecule has 0 saturated carbocycles. The molecule has 0 spiro atoms. The van der Waals surface area contributed by atoms with Crippen LogP contribution >= 0.6 is 0 Å². The van der Waals surface area contributed by atoms with Crippen molar-refractivity contribution in [2.45, 2.75) is 19.6 Å². The predicted molar refractivity (Wildman–Crippen MR) is 65.3 cm³/mol. The Hall–Kier alpha value is -1.94. The Kier molecular flexibility index (Phi) is 3.35. The number of carbonyl (C=O) groups excluding carboxylic acids is 1. The number of pyridine rings is 1. The second-order valence-electron chi connectivity index (χ2n) is 3.88. The number of aliphatic hydroxyl groups is 1. The minimum atomic E-state index is -0.983.